The topological polar surface area (TPSA) is 95.7 Å². The number of carbonyl (C=O) groups is 2. The third-order valence-electron chi connectivity index (χ3n) is 4.48. The Hall–Kier alpha value is -2.95. The van der Waals surface area contributed by atoms with Gasteiger partial charge in [-0.25, -0.2) is 9.18 Å². The molecule has 0 saturated heterocycles. The van der Waals surface area contributed by atoms with Crippen LogP contribution in [0.1, 0.15) is 32.3 Å². The summed E-state index contributed by atoms with van der Waals surface area (Å²) in [5, 5.41) is 13.9. The van der Waals surface area contributed by atoms with Gasteiger partial charge in [0.05, 0.1) is 6.20 Å². The van der Waals surface area contributed by atoms with Gasteiger partial charge in [-0.1, -0.05) is 19.0 Å². The minimum atomic E-state index is -5.08. The quantitative estimate of drug-likeness (QED) is 0.412. The SMILES string of the molecule is CCN(CC)CCCNC(=O)CCc1cnoc1-c1ccc(F)cc1.O=C(O)C(F)(F)F. The number of alkyl halides is 3. The lowest BCUT2D eigenvalue weighted by molar-refractivity contribution is -0.192. The largest absolute Gasteiger partial charge is 0.490 e. The van der Waals surface area contributed by atoms with Gasteiger partial charge in [-0.2, -0.15) is 13.2 Å². The lowest BCUT2D eigenvalue weighted by atomic mass is 10.1. The second kappa shape index (κ2) is 13.5. The molecular weight excluding hydrogens is 434 g/mol. The van der Waals surface area contributed by atoms with Crippen molar-refractivity contribution in [1.82, 2.24) is 15.4 Å². The molecule has 0 unspecified atom stereocenters. The summed E-state index contributed by atoms with van der Waals surface area (Å²) in [7, 11) is 0. The summed E-state index contributed by atoms with van der Waals surface area (Å²) >= 11 is 0. The van der Waals surface area contributed by atoms with Crippen LogP contribution in [0, 0.1) is 5.82 Å². The van der Waals surface area contributed by atoms with E-state index in [9.17, 15) is 22.4 Å². The smallest absolute Gasteiger partial charge is 0.475 e. The van der Waals surface area contributed by atoms with Gasteiger partial charge >= 0.3 is 12.1 Å². The second-order valence-electron chi connectivity index (χ2n) is 6.72. The molecule has 0 saturated carbocycles. The van der Waals surface area contributed by atoms with Crippen LogP contribution in [0.25, 0.3) is 11.3 Å². The fraction of sp³-hybridized carbons (Fsp3) is 0.476. The number of rotatable bonds is 10. The Bertz CT molecular complexity index is 834. The van der Waals surface area contributed by atoms with E-state index >= 15 is 0 Å². The number of aromatic nitrogens is 1. The normalized spacial score (nSPS) is 11.1. The van der Waals surface area contributed by atoms with E-state index in [-0.39, 0.29) is 11.7 Å². The lowest BCUT2D eigenvalue weighted by Crippen LogP contribution is -2.30. The molecule has 178 valence electrons. The molecule has 2 rings (SSSR count). The van der Waals surface area contributed by atoms with Crippen molar-refractivity contribution in [2.45, 2.75) is 39.3 Å². The zero-order valence-electron chi connectivity index (χ0n) is 17.9. The molecule has 2 aromatic rings. The first-order valence-electron chi connectivity index (χ1n) is 10.1. The van der Waals surface area contributed by atoms with E-state index in [1.165, 1.54) is 12.1 Å². The third-order valence-corrected chi connectivity index (χ3v) is 4.48. The molecule has 0 aliphatic rings. The number of nitrogens with zero attached hydrogens (tertiary/aromatic N) is 2. The first kappa shape index (κ1) is 27.1. The van der Waals surface area contributed by atoms with Crippen LogP contribution in [0.5, 0.6) is 0 Å². The Morgan fingerprint density at radius 3 is 2.28 bits per heavy atom. The lowest BCUT2D eigenvalue weighted by Gasteiger charge is -2.17. The van der Waals surface area contributed by atoms with E-state index in [0.29, 0.717) is 25.1 Å². The maximum atomic E-state index is 13.0. The molecule has 32 heavy (non-hydrogen) atoms. The number of carbonyl (C=O) groups excluding carboxylic acids is 1. The van der Waals surface area contributed by atoms with Crippen LogP contribution in [0.2, 0.25) is 0 Å². The highest BCUT2D eigenvalue weighted by atomic mass is 19.4. The molecule has 2 N–H and O–H groups in total. The fourth-order valence-corrected chi connectivity index (χ4v) is 2.68. The highest BCUT2D eigenvalue weighted by Crippen LogP contribution is 2.24. The number of carboxylic acid groups (broad SMARTS) is 1. The number of benzene rings is 1. The van der Waals surface area contributed by atoms with Gasteiger partial charge in [-0.15, -0.1) is 0 Å². The van der Waals surface area contributed by atoms with Crippen molar-refractivity contribution in [3.8, 4) is 11.3 Å². The number of nitrogens with one attached hydrogen (secondary N) is 1. The molecule has 1 amide bonds. The van der Waals surface area contributed by atoms with Gasteiger partial charge in [-0.3, -0.25) is 4.79 Å². The second-order valence-corrected chi connectivity index (χ2v) is 6.72. The van der Waals surface area contributed by atoms with Gasteiger partial charge in [0, 0.05) is 24.1 Å². The fourth-order valence-electron chi connectivity index (χ4n) is 2.68. The molecule has 0 fully saturated rings. The van der Waals surface area contributed by atoms with Crippen LogP contribution >= 0.6 is 0 Å². The van der Waals surface area contributed by atoms with E-state index in [1.807, 2.05) is 0 Å². The predicted octanol–water partition coefficient (Wildman–Crippen LogP) is 3.89. The molecule has 0 bridgehead atoms. The molecule has 0 aliphatic carbocycles. The molecule has 0 aliphatic heterocycles. The van der Waals surface area contributed by atoms with Crippen LogP contribution in [-0.4, -0.2) is 59.4 Å². The van der Waals surface area contributed by atoms with Crippen LogP contribution < -0.4 is 5.32 Å². The molecule has 0 atom stereocenters. The summed E-state index contributed by atoms with van der Waals surface area (Å²) < 4.78 is 50.0. The zero-order valence-corrected chi connectivity index (χ0v) is 17.9. The van der Waals surface area contributed by atoms with Crippen molar-refractivity contribution in [3.05, 3.63) is 41.8 Å². The standard InChI is InChI=1S/C19H26FN3O2.C2HF3O2/c1-3-23(4-2)13-5-12-21-18(24)11-8-16-14-22-25-19(16)15-6-9-17(20)10-7-15;3-2(4,5)1(6)7/h6-7,9-10,14H,3-5,8,11-13H2,1-2H3,(H,21,24);(H,6,7). The van der Waals surface area contributed by atoms with Gasteiger partial charge < -0.3 is 19.8 Å². The minimum absolute atomic E-state index is 0.0193. The first-order chi connectivity index (χ1) is 15.1. The van der Waals surface area contributed by atoms with Crippen molar-refractivity contribution in [2.75, 3.05) is 26.2 Å². The van der Waals surface area contributed by atoms with Gasteiger partial charge in [0.2, 0.25) is 5.91 Å². The van der Waals surface area contributed by atoms with Crippen molar-refractivity contribution in [1.29, 1.82) is 0 Å². The number of halogens is 4. The molecule has 11 heteroatoms. The van der Waals surface area contributed by atoms with Crippen molar-refractivity contribution in [3.63, 3.8) is 0 Å². The molecule has 7 nitrogen and oxygen atoms in total. The molecule has 1 aromatic heterocycles. The maximum Gasteiger partial charge on any atom is 0.490 e. The molecule has 0 spiro atoms. The summed E-state index contributed by atoms with van der Waals surface area (Å²) in [6.45, 7) is 8.02. The van der Waals surface area contributed by atoms with E-state index in [2.05, 4.69) is 29.2 Å². The number of hydrogen-bond acceptors (Lipinski definition) is 5. The zero-order chi connectivity index (χ0) is 24.1. The van der Waals surface area contributed by atoms with E-state index in [0.717, 1.165) is 37.2 Å². The predicted molar refractivity (Wildman–Crippen MR) is 109 cm³/mol. The van der Waals surface area contributed by atoms with Crippen molar-refractivity contribution < 1.29 is 36.8 Å². The van der Waals surface area contributed by atoms with Crippen LogP contribution in [0.3, 0.4) is 0 Å². The summed E-state index contributed by atoms with van der Waals surface area (Å²) in [4.78, 5) is 23.2. The minimum Gasteiger partial charge on any atom is -0.475 e. The number of amides is 1. The third kappa shape index (κ3) is 9.90. The highest BCUT2D eigenvalue weighted by Gasteiger charge is 2.38. The van der Waals surface area contributed by atoms with E-state index in [1.54, 1.807) is 18.3 Å². The van der Waals surface area contributed by atoms with Gasteiger partial charge in [0.15, 0.2) is 5.76 Å². The van der Waals surface area contributed by atoms with Crippen LogP contribution in [0.15, 0.2) is 35.0 Å². The highest BCUT2D eigenvalue weighted by molar-refractivity contribution is 5.76. The summed E-state index contributed by atoms with van der Waals surface area (Å²) in [6.07, 6.45) is -1.60. The Balaban J connectivity index is 0.000000633. The van der Waals surface area contributed by atoms with E-state index < -0.39 is 12.1 Å². The Morgan fingerprint density at radius 2 is 1.75 bits per heavy atom. The van der Waals surface area contributed by atoms with Crippen molar-refractivity contribution in [2.24, 2.45) is 0 Å². The van der Waals surface area contributed by atoms with Crippen LogP contribution in [0.4, 0.5) is 17.6 Å². The molecule has 1 heterocycles. The molecular formula is C21H27F4N3O4. The molecule has 0 radical (unpaired) electrons. The summed E-state index contributed by atoms with van der Waals surface area (Å²) in [5.74, 6) is -2.44. The monoisotopic (exact) mass is 461 g/mol. The Labute approximate surface area is 183 Å². The number of aliphatic carboxylic acids is 1. The van der Waals surface area contributed by atoms with Gasteiger partial charge in [0.1, 0.15) is 5.82 Å². The average Bonchev–Trinajstić information content (AvgIpc) is 3.21. The Morgan fingerprint density at radius 1 is 1.16 bits per heavy atom. The van der Waals surface area contributed by atoms with Gasteiger partial charge in [0.25, 0.3) is 0 Å². The average molecular weight is 461 g/mol. The summed E-state index contributed by atoms with van der Waals surface area (Å²) in [6, 6.07) is 6.05. The van der Waals surface area contributed by atoms with Crippen molar-refractivity contribution >= 4 is 11.9 Å². The number of hydrogen-bond donors (Lipinski definition) is 2. The van der Waals surface area contributed by atoms with Gasteiger partial charge in [-0.05, 0) is 56.7 Å². The van der Waals surface area contributed by atoms with Crippen LogP contribution in [-0.2, 0) is 16.0 Å². The number of carboxylic acids is 1. The Kier molecular flexibility index (Phi) is 11.4. The van der Waals surface area contributed by atoms with E-state index in [4.69, 9.17) is 14.4 Å². The first-order valence-corrected chi connectivity index (χ1v) is 10.1. The molecule has 1 aromatic carbocycles. The number of aryl methyl sites for hydroxylation is 1. The summed E-state index contributed by atoms with van der Waals surface area (Å²) in [5.41, 5.74) is 1.61. The maximum absolute atomic E-state index is 13.0.